The molecule has 1 heteroatoms. The zero-order valence-corrected chi connectivity index (χ0v) is 11.0. The Kier molecular flexibility index (Phi) is 4.48. The first-order valence-corrected chi connectivity index (χ1v) is 6.00. The summed E-state index contributed by atoms with van der Waals surface area (Å²) in [6.07, 6.45) is 2.94. The Balaban J connectivity index is 0.000000606. The topological polar surface area (TPSA) is 12.4 Å². The number of hydrogen-bond donors (Lipinski definition) is 0. The van der Waals surface area contributed by atoms with Crippen LogP contribution in [0.2, 0.25) is 0 Å². The molecule has 0 atom stereocenters. The molecule has 0 bridgehead atoms. The number of benzene rings is 1. The van der Waals surface area contributed by atoms with Crippen LogP contribution in [0.5, 0.6) is 0 Å². The summed E-state index contributed by atoms with van der Waals surface area (Å²) in [4.78, 5) is 4.30. The van der Waals surface area contributed by atoms with Gasteiger partial charge in [-0.3, -0.25) is 4.99 Å². The van der Waals surface area contributed by atoms with E-state index in [1.54, 1.807) is 0 Å². The van der Waals surface area contributed by atoms with Gasteiger partial charge in [-0.25, -0.2) is 0 Å². The second kappa shape index (κ2) is 5.64. The number of nitrogens with zero attached hydrogens (tertiary/aromatic N) is 1. The van der Waals surface area contributed by atoms with Crippen LogP contribution >= 0.6 is 0 Å². The summed E-state index contributed by atoms with van der Waals surface area (Å²) in [6.45, 7) is 10.3. The third-order valence-corrected chi connectivity index (χ3v) is 2.87. The van der Waals surface area contributed by atoms with E-state index in [-0.39, 0.29) is 0 Å². The monoisotopic (exact) mass is 215 g/mol. The molecule has 0 fully saturated rings. The van der Waals surface area contributed by atoms with Crippen molar-refractivity contribution in [2.75, 3.05) is 0 Å². The van der Waals surface area contributed by atoms with Crippen molar-refractivity contribution in [1.82, 2.24) is 0 Å². The fourth-order valence-corrected chi connectivity index (χ4v) is 1.95. The van der Waals surface area contributed by atoms with Gasteiger partial charge >= 0.3 is 0 Å². The van der Waals surface area contributed by atoms with E-state index in [2.05, 4.69) is 37.0 Å². The predicted octanol–water partition coefficient (Wildman–Crippen LogP) is 4.78. The average Bonchev–Trinajstić information content (AvgIpc) is 2.59. The van der Waals surface area contributed by atoms with Crippen molar-refractivity contribution in [3.05, 3.63) is 34.9 Å². The van der Waals surface area contributed by atoms with Gasteiger partial charge in [-0.1, -0.05) is 25.5 Å². The maximum Gasteiger partial charge on any atom is 0.0631 e. The molecule has 0 saturated carbocycles. The quantitative estimate of drug-likeness (QED) is 0.597. The molecule has 1 aromatic rings. The zero-order chi connectivity index (χ0) is 12.1. The minimum Gasteiger partial charge on any atom is -0.262 e. The van der Waals surface area contributed by atoms with Gasteiger partial charge in [0.05, 0.1) is 5.69 Å². The molecule has 2 rings (SSSR count). The normalized spacial score (nSPS) is 13.8. The predicted molar refractivity (Wildman–Crippen MR) is 73.6 cm³/mol. The van der Waals surface area contributed by atoms with E-state index >= 15 is 0 Å². The number of rotatable bonds is 1. The summed E-state index contributed by atoms with van der Waals surface area (Å²) >= 11 is 0. The van der Waals surface area contributed by atoms with Crippen molar-refractivity contribution in [3.8, 4) is 0 Å². The van der Waals surface area contributed by atoms with Crippen LogP contribution in [0.15, 0.2) is 28.8 Å². The van der Waals surface area contributed by atoms with E-state index in [4.69, 9.17) is 0 Å². The number of allylic oxidation sites excluding steroid dienone is 2. The number of hydrogen-bond acceptors (Lipinski definition) is 1. The van der Waals surface area contributed by atoms with Crippen LogP contribution in [-0.2, 0) is 6.42 Å². The fourth-order valence-electron chi connectivity index (χ4n) is 1.95. The average molecular weight is 215 g/mol. The van der Waals surface area contributed by atoms with Crippen LogP contribution in [-0.4, -0.2) is 6.21 Å². The lowest BCUT2D eigenvalue weighted by atomic mass is 10.1. The highest BCUT2D eigenvalue weighted by Crippen LogP contribution is 2.34. The van der Waals surface area contributed by atoms with Crippen molar-refractivity contribution in [3.63, 3.8) is 0 Å². The lowest BCUT2D eigenvalue weighted by molar-refractivity contribution is 1.19. The van der Waals surface area contributed by atoms with E-state index in [1.165, 1.54) is 22.3 Å². The van der Waals surface area contributed by atoms with Crippen molar-refractivity contribution in [2.45, 2.75) is 41.0 Å². The van der Waals surface area contributed by atoms with Crippen LogP contribution in [0.3, 0.4) is 0 Å². The summed E-state index contributed by atoms with van der Waals surface area (Å²) in [6, 6.07) is 6.46. The Labute approximate surface area is 98.9 Å². The van der Waals surface area contributed by atoms with E-state index < -0.39 is 0 Å². The molecule has 86 valence electrons. The van der Waals surface area contributed by atoms with E-state index in [0.717, 1.165) is 12.1 Å². The van der Waals surface area contributed by atoms with Gasteiger partial charge in [0.1, 0.15) is 0 Å². The minimum absolute atomic E-state index is 1.06. The van der Waals surface area contributed by atoms with Crippen LogP contribution in [0, 0.1) is 0 Å². The van der Waals surface area contributed by atoms with Crippen molar-refractivity contribution >= 4 is 17.5 Å². The van der Waals surface area contributed by atoms with Gasteiger partial charge in [0, 0.05) is 6.21 Å². The molecule has 0 aromatic heterocycles. The SMILES string of the molecule is CC.CC=Nc1ccc2c(c1)C(C)=C(C)C2. The summed E-state index contributed by atoms with van der Waals surface area (Å²) in [5.74, 6) is 0. The Morgan fingerprint density at radius 3 is 2.50 bits per heavy atom. The molecule has 0 heterocycles. The van der Waals surface area contributed by atoms with Crippen LogP contribution in [0.25, 0.3) is 5.57 Å². The van der Waals surface area contributed by atoms with E-state index in [1.807, 2.05) is 27.0 Å². The summed E-state index contributed by atoms with van der Waals surface area (Å²) in [5, 5.41) is 0. The summed E-state index contributed by atoms with van der Waals surface area (Å²) in [5.41, 5.74) is 6.78. The molecule has 0 saturated heterocycles. The molecule has 1 nitrogen and oxygen atoms in total. The lowest BCUT2D eigenvalue weighted by Gasteiger charge is -2.01. The maximum absolute atomic E-state index is 4.30. The largest absolute Gasteiger partial charge is 0.262 e. The summed E-state index contributed by atoms with van der Waals surface area (Å²) < 4.78 is 0. The zero-order valence-electron chi connectivity index (χ0n) is 11.0. The van der Waals surface area contributed by atoms with Gasteiger partial charge < -0.3 is 0 Å². The smallest absolute Gasteiger partial charge is 0.0631 e. The molecule has 0 N–H and O–H groups in total. The van der Waals surface area contributed by atoms with E-state index in [9.17, 15) is 0 Å². The van der Waals surface area contributed by atoms with Crippen LogP contribution < -0.4 is 0 Å². The molecule has 0 radical (unpaired) electrons. The molecule has 0 spiro atoms. The highest BCUT2D eigenvalue weighted by Gasteiger charge is 2.15. The first-order valence-electron chi connectivity index (χ1n) is 6.00. The molecule has 1 aliphatic carbocycles. The minimum atomic E-state index is 1.06. The van der Waals surface area contributed by atoms with Gasteiger partial charge in [-0.2, -0.15) is 0 Å². The maximum atomic E-state index is 4.30. The molecule has 0 aliphatic heterocycles. The summed E-state index contributed by atoms with van der Waals surface area (Å²) in [7, 11) is 0. The molecular formula is C15H21N. The lowest BCUT2D eigenvalue weighted by Crippen LogP contribution is -1.82. The molecule has 0 unspecified atom stereocenters. The van der Waals surface area contributed by atoms with Crippen molar-refractivity contribution < 1.29 is 0 Å². The number of aliphatic imine (C=N–C) groups is 1. The highest BCUT2D eigenvalue weighted by molar-refractivity contribution is 5.77. The van der Waals surface area contributed by atoms with Gasteiger partial charge in [0.25, 0.3) is 0 Å². The molecule has 1 aliphatic rings. The second-order valence-corrected chi connectivity index (χ2v) is 3.81. The van der Waals surface area contributed by atoms with Crippen LogP contribution in [0.4, 0.5) is 5.69 Å². The third kappa shape index (κ3) is 2.41. The Bertz CT molecular complexity index is 425. The fraction of sp³-hybridized carbons (Fsp3) is 0.400. The molecule has 16 heavy (non-hydrogen) atoms. The molecule has 1 aromatic carbocycles. The Morgan fingerprint density at radius 1 is 1.19 bits per heavy atom. The Hall–Kier alpha value is -1.37. The van der Waals surface area contributed by atoms with Gasteiger partial charge in [-0.15, -0.1) is 0 Å². The van der Waals surface area contributed by atoms with Gasteiger partial charge in [0.2, 0.25) is 0 Å². The van der Waals surface area contributed by atoms with Gasteiger partial charge in [-0.05, 0) is 56.0 Å². The first-order chi connectivity index (χ1) is 7.72. The highest BCUT2D eigenvalue weighted by atomic mass is 14.7. The first kappa shape index (κ1) is 12.7. The standard InChI is InChI=1S/C13H15N.C2H6/c1-4-14-12-6-5-11-7-9(2)10(3)13(11)8-12;1-2/h4-6,8H,7H2,1-3H3;1-2H3. The van der Waals surface area contributed by atoms with Crippen molar-refractivity contribution in [2.24, 2.45) is 4.99 Å². The van der Waals surface area contributed by atoms with Crippen molar-refractivity contribution in [1.29, 1.82) is 0 Å². The molecular weight excluding hydrogens is 194 g/mol. The van der Waals surface area contributed by atoms with E-state index in [0.29, 0.717) is 0 Å². The molecule has 0 amide bonds. The third-order valence-electron chi connectivity index (χ3n) is 2.87. The Morgan fingerprint density at radius 2 is 1.88 bits per heavy atom. The van der Waals surface area contributed by atoms with Gasteiger partial charge in [0.15, 0.2) is 0 Å². The number of fused-ring (bicyclic) bond motifs is 1. The second-order valence-electron chi connectivity index (χ2n) is 3.81. The van der Waals surface area contributed by atoms with Crippen LogP contribution in [0.1, 0.15) is 45.7 Å².